The number of amides is 1. The van der Waals surface area contributed by atoms with Crippen LogP contribution in [0, 0.1) is 0 Å². The molecule has 0 fully saturated rings. The molecule has 2 heterocycles. The van der Waals surface area contributed by atoms with Crippen molar-refractivity contribution in [3.63, 3.8) is 0 Å². The molecule has 0 radical (unpaired) electrons. The summed E-state index contributed by atoms with van der Waals surface area (Å²) in [7, 11) is 1.46. The van der Waals surface area contributed by atoms with Gasteiger partial charge in [0.25, 0.3) is 17.0 Å². The maximum Gasteiger partial charge on any atom is 0.287 e. The van der Waals surface area contributed by atoms with Crippen molar-refractivity contribution < 1.29 is 9.53 Å². The number of hydrogen-bond donors (Lipinski definition) is 3. The number of nitrogens with zero attached hydrogens (tertiary/aromatic N) is 1. The fraction of sp³-hybridized carbons (Fsp3) is 0.143. The highest BCUT2D eigenvalue weighted by Gasteiger charge is 2.15. The third-order valence-electron chi connectivity index (χ3n) is 4.79. The van der Waals surface area contributed by atoms with Crippen LogP contribution in [-0.2, 0) is 11.3 Å². The highest BCUT2D eigenvalue weighted by Crippen LogP contribution is 2.16. The summed E-state index contributed by atoms with van der Waals surface area (Å²) < 4.78 is 5.87. The lowest BCUT2D eigenvalue weighted by molar-refractivity contribution is 0.0872. The van der Waals surface area contributed by atoms with Gasteiger partial charge in [0.15, 0.2) is 0 Å². The normalized spacial score (nSPS) is 11.2. The van der Waals surface area contributed by atoms with Crippen LogP contribution in [0.25, 0.3) is 21.8 Å². The number of nitrogens with one attached hydrogen (secondary N) is 3. The summed E-state index contributed by atoms with van der Waals surface area (Å²) in [6, 6.07) is 11.1. The predicted molar refractivity (Wildman–Crippen MR) is 117 cm³/mol. The van der Waals surface area contributed by atoms with Gasteiger partial charge in [0.2, 0.25) is 5.43 Å². The van der Waals surface area contributed by atoms with E-state index in [1.807, 2.05) is 0 Å². The summed E-state index contributed by atoms with van der Waals surface area (Å²) >= 11 is 5.96. The molecule has 10 heteroatoms. The van der Waals surface area contributed by atoms with Crippen molar-refractivity contribution >= 4 is 39.3 Å². The number of carbonyl (C=O) groups excluding carboxylic acids is 1. The lowest BCUT2D eigenvalue weighted by Crippen LogP contribution is -2.34. The lowest BCUT2D eigenvalue weighted by atomic mass is 10.1. The third-order valence-corrected chi connectivity index (χ3v) is 5.03. The maximum atomic E-state index is 13.0. The van der Waals surface area contributed by atoms with Gasteiger partial charge in [-0.2, -0.15) is 0 Å². The summed E-state index contributed by atoms with van der Waals surface area (Å²) in [4.78, 5) is 53.5. The molecule has 1 amide bonds. The fourth-order valence-corrected chi connectivity index (χ4v) is 3.52. The molecule has 2 aromatic heterocycles. The number of methoxy groups -OCH3 is 1. The number of fused-ring (bicyclic) bond motifs is 2. The molecule has 0 saturated heterocycles. The van der Waals surface area contributed by atoms with Crippen molar-refractivity contribution in [2.24, 2.45) is 0 Å². The number of ether oxygens (including phenoxy) is 1. The van der Waals surface area contributed by atoms with Gasteiger partial charge >= 0.3 is 0 Å². The van der Waals surface area contributed by atoms with E-state index in [4.69, 9.17) is 16.3 Å². The average Bonchev–Trinajstić information content (AvgIpc) is 2.75. The summed E-state index contributed by atoms with van der Waals surface area (Å²) in [5, 5.41) is 5.45. The SMILES string of the molecule is COCNC(=O)c1cccc(Cn2[nH]c(=O)c3[nH]c4cc(Cl)ccc4c(=O)c3c2=O)c1. The van der Waals surface area contributed by atoms with E-state index in [9.17, 15) is 19.2 Å². The Balaban J connectivity index is 1.81. The van der Waals surface area contributed by atoms with Crippen molar-refractivity contribution in [2.45, 2.75) is 6.54 Å². The van der Waals surface area contributed by atoms with Crippen LogP contribution in [0.2, 0.25) is 5.02 Å². The van der Waals surface area contributed by atoms with Crippen LogP contribution in [-0.4, -0.2) is 34.5 Å². The number of rotatable bonds is 5. The minimum atomic E-state index is -0.651. The first-order valence-electron chi connectivity index (χ1n) is 9.23. The molecule has 0 aliphatic carbocycles. The molecule has 3 N–H and O–H groups in total. The van der Waals surface area contributed by atoms with Crippen molar-refractivity contribution in [3.05, 3.63) is 89.5 Å². The van der Waals surface area contributed by atoms with Gasteiger partial charge in [-0.15, -0.1) is 0 Å². The standard InChI is InChI=1S/C21H17ClN4O5/c1-31-10-23-19(28)12-4-2-3-11(7-12)9-26-21(30)16-17(20(29)25-26)24-15-8-13(22)5-6-14(15)18(16)27/h2-8H,9-10H2,1H3,(H,23,28)(H,24,27)(H,25,29). The minimum Gasteiger partial charge on any atom is -0.364 e. The first kappa shape index (κ1) is 20.6. The molecule has 2 aromatic carbocycles. The van der Waals surface area contributed by atoms with Gasteiger partial charge in [0.1, 0.15) is 17.6 Å². The van der Waals surface area contributed by atoms with Gasteiger partial charge in [0.05, 0.1) is 12.1 Å². The molecule has 0 aliphatic heterocycles. The van der Waals surface area contributed by atoms with Gasteiger partial charge in [-0.3, -0.25) is 24.3 Å². The lowest BCUT2D eigenvalue weighted by Gasteiger charge is -2.10. The van der Waals surface area contributed by atoms with E-state index >= 15 is 0 Å². The molecule has 0 spiro atoms. The summed E-state index contributed by atoms with van der Waals surface area (Å²) in [5.74, 6) is -0.343. The quantitative estimate of drug-likeness (QED) is 0.321. The van der Waals surface area contributed by atoms with Crippen LogP contribution in [0.1, 0.15) is 15.9 Å². The average molecular weight is 441 g/mol. The molecule has 158 valence electrons. The Morgan fingerprint density at radius 3 is 2.74 bits per heavy atom. The molecule has 4 rings (SSSR count). The highest BCUT2D eigenvalue weighted by atomic mass is 35.5. The van der Waals surface area contributed by atoms with Gasteiger partial charge in [-0.25, -0.2) is 4.68 Å². The highest BCUT2D eigenvalue weighted by molar-refractivity contribution is 6.31. The number of pyridine rings is 1. The zero-order valence-electron chi connectivity index (χ0n) is 16.3. The van der Waals surface area contributed by atoms with Gasteiger partial charge in [-0.1, -0.05) is 23.7 Å². The monoisotopic (exact) mass is 440 g/mol. The first-order valence-corrected chi connectivity index (χ1v) is 9.61. The smallest absolute Gasteiger partial charge is 0.287 e. The molecule has 0 saturated carbocycles. The van der Waals surface area contributed by atoms with Crippen molar-refractivity contribution in [1.29, 1.82) is 0 Å². The van der Waals surface area contributed by atoms with Crippen molar-refractivity contribution in [3.8, 4) is 0 Å². The van der Waals surface area contributed by atoms with E-state index in [0.717, 1.165) is 4.68 Å². The number of aromatic amines is 2. The summed E-state index contributed by atoms with van der Waals surface area (Å²) in [6.45, 7) is 0.0238. The molecule has 0 unspecified atom stereocenters. The first-order chi connectivity index (χ1) is 14.9. The Hall–Kier alpha value is -3.69. The second-order valence-electron chi connectivity index (χ2n) is 6.87. The number of aromatic nitrogens is 3. The number of carbonyl (C=O) groups is 1. The molecule has 9 nitrogen and oxygen atoms in total. The molecular weight excluding hydrogens is 424 g/mol. The second-order valence-corrected chi connectivity index (χ2v) is 7.30. The fourth-order valence-electron chi connectivity index (χ4n) is 3.35. The Labute approximate surface area is 179 Å². The zero-order valence-corrected chi connectivity index (χ0v) is 17.1. The third kappa shape index (κ3) is 3.88. The van der Waals surface area contributed by atoms with Gasteiger partial charge < -0.3 is 15.0 Å². The molecule has 0 atom stereocenters. The number of halogens is 1. The molecular formula is C21H17ClN4O5. The molecule has 31 heavy (non-hydrogen) atoms. The molecule has 0 bridgehead atoms. The zero-order chi connectivity index (χ0) is 22.1. The van der Waals surface area contributed by atoms with Crippen LogP contribution in [0.3, 0.4) is 0 Å². The summed E-state index contributed by atoms with van der Waals surface area (Å²) in [5.41, 5.74) is -0.628. The maximum absolute atomic E-state index is 13.0. The van der Waals surface area contributed by atoms with Crippen LogP contribution in [0.5, 0.6) is 0 Å². The molecule has 4 aromatic rings. The van der Waals surface area contributed by atoms with Gasteiger partial charge in [0, 0.05) is 23.1 Å². The van der Waals surface area contributed by atoms with Gasteiger partial charge in [-0.05, 0) is 35.9 Å². The predicted octanol–water partition coefficient (Wildman–Crippen LogP) is 1.57. The number of H-pyrrole nitrogens is 2. The second kappa shape index (κ2) is 8.21. The topological polar surface area (TPSA) is 126 Å². The Kier molecular flexibility index (Phi) is 5.45. The number of hydrogen-bond acceptors (Lipinski definition) is 5. The minimum absolute atomic E-state index is 0.0342. The van der Waals surface area contributed by atoms with Crippen LogP contribution < -0.4 is 21.9 Å². The van der Waals surface area contributed by atoms with E-state index in [1.54, 1.807) is 24.3 Å². The Morgan fingerprint density at radius 2 is 1.97 bits per heavy atom. The Morgan fingerprint density at radius 1 is 1.16 bits per heavy atom. The largest absolute Gasteiger partial charge is 0.364 e. The molecule has 0 aliphatic rings. The number of benzene rings is 2. The van der Waals surface area contributed by atoms with E-state index in [-0.39, 0.29) is 35.5 Å². The van der Waals surface area contributed by atoms with E-state index in [2.05, 4.69) is 15.4 Å². The summed E-state index contributed by atoms with van der Waals surface area (Å²) in [6.07, 6.45) is 0. The van der Waals surface area contributed by atoms with Crippen LogP contribution in [0.4, 0.5) is 0 Å². The van der Waals surface area contributed by atoms with Crippen molar-refractivity contribution in [1.82, 2.24) is 20.1 Å². The van der Waals surface area contributed by atoms with Crippen molar-refractivity contribution in [2.75, 3.05) is 13.8 Å². The van der Waals surface area contributed by atoms with Crippen LogP contribution >= 0.6 is 11.6 Å². The van der Waals surface area contributed by atoms with E-state index in [1.165, 1.54) is 25.3 Å². The van der Waals surface area contributed by atoms with Crippen LogP contribution in [0.15, 0.2) is 56.8 Å². The Bertz CT molecular complexity index is 1500. The van der Waals surface area contributed by atoms with E-state index < -0.39 is 16.5 Å². The van der Waals surface area contributed by atoms with E-state index in [0.29, 0.717) is 21.7 Å².